The summed E-state index contributed by atoms with van der Waals surface area (Å²) in [6, 6.07) is 0. The number of hydrogen-bond acceptors (Lipinski definition) is 4. The Balaban J connectivity index is 2.54. The number of nitrogens with one attached hydrogen (secondary N) is 1. The van der Waals surface area contributed by atoms with Crippen LogP contribution < -0.4 is 5.32 Å². The summed E-state index contributed by atoms with van der Waals surface area (Å²) < 4.78 is 1.91. The second-order valence-electron chi connectivity index (χ2n) is 5.80. The zero-order valence-corrected chi connectivity index (χ0v) is 11.7. The molecule has 1 N–H and O–H groups in total. The van der Waals surface area contributed by atoms with E-state index in [1.165, 1.54) is 0 Å². The summed E-state index contributed by atoms with van der Waals surface area (Å²) in [5.74, 6) is 1.57. The third kappa shape index (κ3) is 4.81. The van der Waals surface area contributed by atoms with Gasteiger partial charge >= 0.3 is 0 Å². The monoisotopic (exact) mass is 239 g/mol. The van der Waals surface area contributed by atoms with E-state index in [1.807, 2.05) is 4.68 Å². The molecule has 0 unspecified atom stereocenters. The van der Waals surface area contributed by atoms with Crippen molar-refractivity contribution in [1.29, 1.82) is 0 Å². The number of hydrogen-bond donors (Lipinski definition) is 1. The molecule has 5 nitrogen and oxygen atoms in total. The molecule has 0 spiro atoms. The molecule has 0 aliphatic carbocycles. The maximum atomic E-state index is 4.07. The van der Waals surface area contributed by atoms with Gasteiger partial charge in [-0.05, 0) is 34.7 Å². The van der Waals surface area contributed by atoms with Crippen molar-refractivity contribution in [2.24, 2.45) is 11.3 Å². The molecule has 0 atom stereocenters. The van der Waals surface area contributed by atoms with E-state index in [9.17, 15) is 0 Å². The van der Waals surface area contributed by atoms with Crippen molar-refractivity contribution in [3.63, 3.8) is 0 Å². The molecule has 0 fully saturated rings. The van der Waals surface area contributed by atoms with Crippen LogP contribution in [0.5, 0.6) is 0 Å². The summed E-state index contributed by atoms with van der Waals surface area (Å²) in [6.07, 6.45) is 1.12. The van der Waals surface area contributed by atoms with Crippen molar-refractivity contribution in [1.82, 2.24) is 25.5 Å². The fourth-order valence-electron chi connectivity index (χ4n) is 1.46. The van der Waals surface area contributed by atoms with Gasteiger partial charge in [0.1, 0.15) is 0 Å². The average Bonchev–Trinajstić information content (AvgIpc) is 2.65. The molecule has 1 heterocycles. The lowest BCUT2D eigenvalue weighted by atomic mass is 9.90. The van der Waals surface area contributed by atoms with Gasteiger partial charge in [-0.25, -0.2) is 4.68 Å². The topological polar surface area (TPSA) is 55.6 Å². The van der Waals surface area contributed by atoms with Crippen LogP contribution in [0.1, 0.15) is 46.9 Å². The zero-order valence-electron chi connectivity index (χ0n) is 11.7. The van der Waals surface area contributed by atoms with Crippen LogP contribution in [0.2, 0.25) is 0 Å². The predicted molar refractivity (Wildman–Crippen MR) is 68.4 cm³/mol. The van der Waals surface area contributed by atoms with Gasteiger partial charge in [0.05, 0.1) is 6.54 Å². The fraction of sp³-hybridized carbons (Fsp3) is 0.917. The highest BCUT2D eigenvalue weighted by atomic mass is 15.5. The van der Waals surface area contributed by atoms with Crippen LogP contribution in [0.4, 0.5) is 0 Å². The molecule has 0 aromatic carbocycles. The van der Waals surface area contributed by atoms with Crippen LogP contribution >= 0.6 is 0 Å². The first-order valence-electron chi connectivity index (χ1n) is 6.40. The summed E-state index contributed by atoms with van der Waals surface area (Å²) in [5, 5.41) is 15.3. The van der Waals surface area contributed by atoms with Crippen molar-refractivity contribution in [3.8, 4) is 0 Å². The molecule has 0 aliphatic rings. The average molecular weight is 239 g/mol. The number of rotatable bonds is 7. The third-order valence-electron chi connectivity index (χ3n) is 2.98. The van der Waals surface area contributed by atoms with Crippen LogP contribution in [-0.2, 0) is 13.1 Å². The van der Waals surface area contributed by atoms with Gasteiger partial charge in [-0.1, -0.05) is 34.6 Å². The van der Waals surface area contributed by atoms with Gasteiger partial charge in [-0.3, -0.25) is 0 Å². The molecule has 0 aliphatic heterocycles. The maximum absolute atomic E-state index is 4.07. The van der Waals surface area contributed by atoms with Gasteiger partial charge in [0.25, 0.3) is 0 Å². The van der Waals surface area contributed by atoms with E-state index in [4.69, 9.17) is 0 Å². The van der Waals surface area contributed by atoms with E-state index < -0.39 is 0 Å². The van der Waals surface area contributed by atoms with E-state index in [-0.39, 0.29) is 5.41 Å². The molecule has 0 saturated carbocycles. The summed E-state index contributed by atoms with van der Waals surface area (Å²) >= 11 is 0. The quantitative estimate of drug-likeness (QED) is 0.789. The van der Waals surface area contributed by atoms with Gasteiger partial charge in [0, 0.05) is 6.54 Å². The SMILES string of the molecule is CCC(C)(C)Cn1nnnc1CNCC(C)C. The van der Waals surface area contributed by atoms with Gasteiger partial charge in [0.15, 0.2) is 5.82 Å². The molecule has 0 bridgehead atoms. The van der Waals surface area contributed by atoms with Crippen molar-refractivity contribution in [2.45, 2.75) is 54.1 Å². The smallest absolute Gasteiger partial charge is 0.165 e. The van der Waals surface area contributed by atoms with Gasteiger partial charge in [0.2, 0.25) is 0 Å². The van der Waals surface area contributed by atoms with Crippen LogP contribution in [0.15, 0.2) is 0 Å². The van der Waals surface area contributed by atoms with Crippen LogP contribution in [0.3, 0.4) is 0 Å². The maximum Gasteiger partial charge on any atom is 0.165 e. The third-order valence-corrected chi connectivity index (χ3v) is 2.98. The van der Waals surface area contributed by atoms with E-state index in [0.29, 0.717) is 5.92 Å². The first-order chi connectivity index (χ1) is 7.94. The highest BCUT2D eigenvalue weighted by molar-refractivity contribution is 4.82. The van der Waals surface area contributed by atoms with Crippen LogP contribution in [-0.4, -0.2) is 26.8 Å². The summed E-state index contributed by atoms with van der Waals surface area (Å²) in [5.41, 5.74) is 0.238. The lowest BCUT2D eigenvalue weighted by molar-refractivity contribution is 0.271. The Labute approximate surface area is 104 Å². The number of aromatic nitrogens is 4. The largest absolute Gasteiger partial charge is 0.310 e. The van der Waals surface area contributed by atoms with Crippen LogP contribution in [0, 0.1) is 11.3 Å². The predicted octanol–water partition coefficient (Wildman–Crippen LogP) is 1.85. The molecule has 1 rings (SSSR count). The Morgan fingerprint density at radius 2 is 2.06 bits per heavy atom. The van der Waals surface area contributed by atoms with Crippen molar-refractivity contribution in [2.75, 3.05) is 6.54 Å². The first-order valence-corrected chi connectivity index (χ1v) is 6.40. The van der Waals surface area contributed by atoms with E-state index in [0.717, 1.165) is 31.9 Å². The molecule has 0 saturated heterocycles. The lowest BCUT2D eigenvalue weighted by Gasteiger charge is -2.22. The molecule has 1 aromatic heterocycles. The highest BCUT2D eigenvalue weighted by Crippen LogP contribution is 2.21. The molecule has 1 aromatic rings. The normalized spacial score (nSPS) is 12.4. The fourth-order valence-corrected chi connectivity index (χ4v) is 1.46. The minimum absolute atomic E-state index is 0.238. The lowest BCUT2D eigenvalue weighted by Crippen LogP contribution is -2.25. The van der Waals surface area contributed by atoms with Crippen molar-refractivity contribution >= 4 is 0 Å². The standard InChI is InChI=1S/C12H25N5/c1-6-12(4,5)9-17-11(14-15-16-17)8-13-7-10(2)3/h10,13H,6-9H2,1-5H3. The van der Waals surface area contributed by atoms with Crippen molar-refractivity contribution < 1.29 is 0 Å². The minimum Gasteiger partial charge on any atom is -0.310 e. The highest BCUT2D eigenvalue weighted by Gasteiger charge is 2.18. The van der Waals surface area contributed by atoms with Gasteiger partial charge in [-0.15, -0.1) is 5.10 Å². The Kier molecular flexibility index (Phi) is 5.05. The Hall–Kier alpha value is -0.970. The molecule has 5 heteroatoms. The Bertz CT molecular complexity index is 329. The minimum atomic E-state index is 0.238. The first kappa shape index (κ1) is 14.1. The van der Waals surface area contributed by atoms with Crippen molar-refractivity contribution in [3.05, 3.63) is 5.82 Å². The zero-order chi connectivity index (χ0) is 12.9. The summed E-state index contributed by atoms with van der Waals surface area (Å²) in [7, 11) is 0. The van der Waals surface area contributed by atoms with E-state index in [2.05, 4.69) is 55.5 Å². The molecular weight excluding hydrogens is 214 g/mol. The summed E-state index contributed by atoms with van der Waals surface area (Å²) in [6.45, 7) is 13.7. The summed E-state index contributed by atoms with van der Waals surface area (Å²) in [4.78, 5) is 0. The van der Waals surface area contributed by atoms with Crippen LogP contribution in [0.25, 0.3) is 0 Å². The number of tetrazole rings is 1. The van der Waals surface area contributed by atoms with E-state index >= 15 is 0 Å². The van der Waals surface area contributed by atoms with Gasteiger partial charge < -0.3 is 5.32 Å². The molecular formula is C12H25N5. The Morgan fingerprint density at radius 1 is 1.35 bits per heavy atom. The molecule has 17 heavy (non-hydrogen) atoms. The number of nitrogens with zero attached hydrogens (tertiary/aromatic N) is 4. The second kappa shape index (κ2) is 6.10. The van der Waals surface area contributed by atoms with E-state index in [1.54, 1.807) is 0 Å². The van der Waals surface area contributed by atoms with Gasteiger partial charge in [-0.2, -0.15) is 0 Å². The molecule has 0 amide bonds. The second-order valence-corrected chi connectivity index (χ2v) is 5.80. The molecule has 0 radical (unpaired) electrons. The Morgan fingerprint density at radius 3 is 2.65 bits per heavy atom. The molecule has 98 valence electrons.